The number of nitrogens with one attached hydrogen (secondary N) is 1. The molecule has 0 spiro atoms. The van der Waals surface area contributed by atoms with Crippen LogP contribution in [-0.2, 0) is 0 Å². The highest BCUT2D eigenvalue weighted by atomic mass is 79.9. The Bertz CT molecular complexity index is 1310. The van der Waals surface area contributed by atoms with Crippen molar-refractivity contribution in [2.75, 3.05) is 5.32 Å². The number of benzene rings is 2. The van der Waals surface area contributed by atoms with Crippen LogP contribution in [0.25, 0.3) is 11.0 Å². The Morgan fingerprint density at radius 3 is 2.53 bits per heavy atom. The van der Waals surface area contributed by atoms with Crippen LogP contribution in [0.15, 0.2) is 45.7 Å². The van der Waals surface area contributed by atoms with Crippen LogP contribution in [-0.4, -0.2) is 25.8 Å². The van der Waals surface area contributed by atoms with Gasteiger partial charge >= 0.3 is 5.97 Å². The van der Waals surface area contributed by atoms with Crippen LogP contribution in [0.3, 0.4) is 0 Å². The van der Waals surface area contributed by atoms with Gasteiger partial charge < -0.3 is 19.5 Å². The normalized spacial score (nSPS) is 12.5. The molecule has 0 aliphatic rings. The molecule has 1 unspecified atom stereocenters. The van der Waals surface area contributed by atoms with Crippen molar-refractivity contribution in [2.24, 2.45) is 0 Å². The van der Waals surface area contributed by atoms with Gasteiger partial charge in [-0.3, -0.25) is 0 Å². The van der Waals surface area contributed by atoms with E-state index in [1.165, 1.54) is 0 Å². The molecule has 4 rings (SSSR count). The first-order valence-electron chi connectivity index (χ1n) is 10.1. The van der Waals surface area contributed by atoms with Gasteiger partial charge in [-0.05, 0) is 79.0 Å². The lowest BCUT2D eigenvalue weighted by molar-refractivity contribution is 0.0689. The van der Waals surface area contributed by atoms with Crippen LogP contribution in [0.1, 0.15) is 58.9 Å². The number of imidazole rings is 1. The van der Waals surface area contributed by atoms with Gasteiger partial charge in [-0.15, -0.1) is 0 Å². The number of carbonyl (C=O) groups is 1. The minimum absolute atomic E-state index is 0.0167. The molecule has 0 bridgehead atoms. The molecule has 0 saturated heterocycles. The minimum atomic E-state index is -1.10. The third kappa shape index (κ3) is 4.00. The largest absolute Gasteiger partial charge is 0.476 e. The second-order valence-electron chi connectivity index (χ2n) is 7.95. The van der Waals surface area contributed by atoms with Gasteiger partial charge in [-0.2, -0.15) is 0 Å². The summed E-state index contributed by atoms with van der Waals surface area (Å²) in [6.45, 7) is 7.81. The van der Waals surface area contributed by atoms with E-state index in [9.17, 15) is 9.90 Å². The number of nitrogens with zero attached hydrogens (tertiary/aromatic N) is 3. The fraction of sp³-hybridized carbons (Fsp3) is 0.261. The molecule has 4 aromatic rings. The second-order valence-corrected chi connectivity index (χ2v) is 9.10. The molecule has 0 saturated carbocycles. The van der Waals surface area contributed by atoms with Crippen LogP contribution >= 0.6 is 27.5 Å². The Hall–Kier alpha value is -2.84. The van der Waals surface area contributed by atoms with Crippen molar-refractivity contribution in [1.29, 1.82) is 0 Å². The van der Waals surface area contributed by atoms with E-state index in [0.29, 0.717) is 15.5 Å². The summed E-state index contributed by atoms with van der Waals surface area (Å²) in [4.78, 5) is 16.4. The average molecular weight is 518 g/mol. The van der Waals surface area contributed by atoms with Gasteiger partial charge in [0.1, 0.15) is 0 Å². The number of aromatic nitrogens is 3. The highest BCUT2D eigenvalue weighted by molar-refractivity contribution is 9.10. The van der Waals surface area contributed by atoms with Gasteiger partial charge in [-0.25, -0.2) is 9.78 Å². The lowest BCUT2D eigenvalue weighted by Crippen LogP contribution is -2.21. The molecule has 7 nitrogen and oxygen atoms in total. The van der Waals surface area contributed by atoms with E-state index in [2.05, 4.69) is 31.4 Å². The molecule has 2 heterocycles. The summed E-state index contributed by atoms with van der Waals surface area (Å²) < 4.78 is 7.78. The van der Waals surface area contributed by atoms with Gasteiger partial charge in [-0.1, -0.05) is 28.9 Å². The first-order chi connectivity index (χ1) is 15.2. The average Bonchev–Trinajstić information content (AvgIpc) is 3.27. The van der Waals surface area contributed by atoms with Crippen molar-refractivity contribution in [1.82, 2.24) is 14.7 Å². The Morgan fingerprint density at radius 1 is 1.22 bits per heavy atom. The number of hydrogen-bond donors (Lipinski definition) is 2. The molecule has 0 fully saturated rings. The quantitative estimate of drug-likeness (QED) is 0.302. The SMILES string of the molecule is Cc1noc2c(C)cc(NC(c3ccc(Cl)cc3)c3c(C(=O)O)nc(Br)n3C(C)C)cc12. The number of aromatic carboxylic acids is 1. The molecular formula is C23H22BrClN4O3. The van der Waals surface area contributed by atoms with Crippen LogP contribution in [0, 0.1) is 13.8 Å². The van der Waals surface area contributed by atoms with E-state index < -0.39 is 12.0 Å². The zero-order valence-electron chi connectivity index (χ0n) is 18.0. The summed E-state index contributed by atoms with van der Waals surface area (Å²) in [5, 5.41) is 19.0. The monoisotopic (exact) mass is 516 g/mol. The molecule has 0 aliphatic carbocycles. The van der Waals surface area contributed by atoms with Gasteiger partial charge in [0, 0.05) is 22.1 Å². The van der Waals surface area contributed by atoms with Crippen LogP contribution in [0.4, 0.5) is 5.69 Å². The third-order valence-corrected chi connectivity index (χ3v) is 6.16. The molecule has 2 aromatic carbocycles. The summed E-state index contributed by atoms with van der Waals surface area (Å²) in [6.07, 6.45) is 0. The number of fused-ring (bicyclic) bond motifs is 1. The first kappa shape index (κ1) is 22.4. The molecule has 2 aromatic heterocycles. The van der Waals surface area contributed by atoms with Crippen LogP contribution in [0.5, 0.6) is 0 Å². The van der Waals surface area contributed by atoms with E-state index in [-0.39, 0.29) is 11.7 Å². The maximum absolute atomic E-state index is 12.1. The number of aryl methyl sites for hydroxylation is 2. The van der Waals surface area contributed by atoms with Crippen molar-refractivity contribution in [3.63, 3.8) is 0 Å². The highest BCUT2D eigenvalue weighted by Gasteiger charge is 2.30. The maximum atomic E-state index is 12.1. The van der Waals surface area contributed by atoms with Gasteiger partial charge in [0.05, 0.1) is 17.4 Å². The Morgan fingerprint density at radius 2 is 1.91 bits per heavy atom. The summed E-state index contributed by atoms with van der Waals surface area (Å²) >= 11 is 9.57. The first-order valence-corrected chi connectivity index (χ1v) is 11.2. The third-order valence-electron chi connectivity index (χ3n) is 5.35. The summed E-state index contributed by atoms with van der Waals surface area (Å²) in [5.74, 6) is -1.10. The molecule has 9 heteroatoms. The molecule has 1 atom stereocenters. The summed E-state index contributed by atoms with van der Waals surface area (Å²) in [5.41, 5.74) is 4.64. The lowest BCUT2D eigenvalue weighted by atomic mass is 10.00. The molecule has 32 heavy (non-hydrogen) atoms. The van der Waals surface area contributed by atoms with Crippen molar-refractivity contribution in [3.8, 4) is 0 Å². The second kappa shape index (κ2) is 8.60. The lowest BCUT2D eigenvalue weighted by Gasteiger charge is -2.25. The van der Waals surface area contributed by atoms with E-state index in [1.54, 1.807) is 12.1 Å². The van der Waals surface area contributed by atoms with E-state index >= 15 is 0 Å². The van der Waals surface area contributed by atoms with Crippen molar-refractivity contribution < 1.29 is 14.4 Å². The van der Waals surface area contributed by atoms with Gasteiger partial charge in [0.25, 0.3) is 0 Å². The summed E-state index contributed by atoms with van der Waals surface area (Å²) in [6, 6.07) is 10.7. The van der Waals surface area contributed by atoms with Crippen molar-refractivity contribution >= 4 is 50.2 Å². The minimum Gasteiger partial charge on any atom is -0.476 e. The Kier molecular flexibility index (Phi) is 6.01. The Labute approximate surface area is 198 Å². The van der Waals surface area contributed by atoms with E-state index in [4.69, 9.17) is 16.1 Å². The predicted octanol–water partition coefficient (Wildman–Crippen LogP) is 6.54. The van der Waals surface area contributed by atoms with Crippen molar-refractivity contribution in [2.45, 2.75) is 39.8 Å². The number of hydrogen-bond acceptors (Lipinski definition) is 5. The van der Waals surface area contributed by atoms with Crippen LogP contribution < -0.4 is 5.32 Å². The number of rotatable bonds is 6. The van der Waals surface area contributed by atoms with Gasteiger partial charge in [0.2, 0.25) is 0 Å². The zero-order valence-corrected chi connectivity index (χ0v) is 20.3. The molecule has 166 valence electrons. The van der Waals surface area contributed by atoms with Crippen molar-refractivity contribution in [3.05, 3.63) is 74.4 Å². The predicted molar refractivity (Wildman–Crippen MR) is 128 cm³/mol. The van der Waals surface area contributed by atoms with E-state index in [0.717, 1.165) is 33.5 Å². The molecular weight excluding hydrogens is 496 g/mol. The Balaban J connectivity index is 1.93. The number of carboxylic acids is 1. The maximum Gasteiger partial charge on any atom is 0.356 e. The number of halogens is 2. The highest BCUT2D eigenvalue weighted by Crippen LogP contribution is 2.36. The molecule has 0 amide bonds. The topological polar surface area (TPSA) is 93.2 Å². The molecule has 2 N–H and O–H groups in total. The number of anilines is 1. The smallest absolute Gasteiger partial charge is 0.356 e. The fourth-order valence-corrected chi connectivity index (χ4v) is 4.79. The number of carboxylic acid groups (broad SMARTS) is 1. The summed E-state index contributed by atoms with van der Waals surface area (Å²) in [7, 11) is 0. The van der Waals surface area contributed by atoms with Gasteiger partial charge in [0.15, 0.2) is 16.0 Å². The van der Waals surface area contributed by atoms with Crippen LogP contribution in [0.2, 0.25) is 5.02 Å². The fourth-order valence-electron chi connectivity index (χ4n) is 3.88. The standard InChI is InChI=1S/C23H22BrClN4O3/c1-11(2)29-20(19(22(30)31)27-23(29)24)18(14-5-7-15(25)8-6-14)26-16-9-12(3)21-17(10-16)13(4)28-32-21/h5-11,18,26H,1-4H3,(H,30,31). The zero-order chi connectivity index (χ0) is 23.2. The molecule has 0 radical (unpaired) electrons. The molecule has 0 aliphatic heterocycles. The van der Waals surface area contributed by atoms with E-state index in [1.807, 2.05) is 56.5 Å².